The summed E-state index contributed by atoms with van der Waals surface area (Å²) in [5.41, 5.74) is 3.19. The lowest BCUT2D eigenvalue weighted by molar-refractivity contribution is 0.529. The van der Waals surface area contributed by atoms with Gasteiger partial charge in [-0.3, -0.25) is 4.68 Å². The van der Waals surface area contributed by atoms with Crippen molar-refractivity contribution in [1.29, 1.82) is 0 Å². The van der Waals surface area contributed by atoms with Crippen LogP contribution < -0.4 is 5.32 Å². The number of aryl methyl sites for hydroxylation is 2. The van der Waals surface area contributed by atoms with Gasteiger partial charge in [0.25, 0.3) is 0 Å². The van der Waals surface area contributed by atoms with Gasteiger partial charge in [-0.25, -0.2) is 4.98 Å². The van der Waals surface area contributed by atoms with Gasteiger partial charge in [0.15, 0.2) is 0 Å². The molecule has 6 heteroatoms. The van der Waals surface area contributed by atoms with E-state index in [1.54, 1.807) is 11.3 Å². The fraction of sp³-hybridized carbons (Fsp3) is 0.333. The quantitative estimate of drug-likeness (QED) is 0.711. The van der Waals surface area contributed by atoms with Crippen molar-refractivity contribution in [3.05, 3.63) is 46.2 Å². The number of oxazole rings is 1. The maximum atomic E-state index is 5.72. The van der Waals surface area contributed by atoms with Crippen LogP contribution >= 0.6 is 11.3 Å². The Hall–Kier alpha value is -1.92. The van der Waals surface area contributed by atoms with Crippen LogP contribution in [0.4, 0.5) is 0 Å². The monoisotopic (exact) mass is 302 g/mol. The molecule has 5 nitrogen and oxygen atoms in total. The molecule has 0 bridgehead atoms. The number of hydrogen-bond acceptors (Lipinski definition) is 5. The van der Waals surface area contributed by atoms with Crippen LogP contribution in [0.25, 0.3) is 11.5 Å². The van der Waals surface area contributed by atoms with Gasteiger partial charge in [0.05, 0.1) is 18.4 Å². The molecule has 3 aromatic rings. The molecule has 0 unspecified atom stereocenters. The molecule has 0 aliphatic carbocycles. The standard InChI is InChI=1S/C15H18N4OS/c1-11-7-17-19(9-11)5-4-16-8-14-12(2)20-15(18-14)13-3-6-21-10-13/h3,6-7,9-10,16H,4-5,8H2,1-2H3. The summed E-state index contributed by atoms with van der Waals surface area (Å²) >= 11 is 1.65. The smallest absolute Gasteiger partial charge is 0.227 e. The summed E-state index contributed by atoms with van der Waals surface area (Å²) in [4.78, 5) is 4.56. The normalized spacial score (nSPS) is 11.1. The van der Waals surface area contributed by atoms with E-state index in [0.717, 1.165) is 30.1 Å². The van der Waals surface area contributed by atoms with Crippen LogP contribution in [0.1, 0.15) is 17.0 Å². The van der Waals surface area contributed by atoms with Gasteiger partial charge < -0.3 is 9.73 Å². The van der Waals surface area contributed by atoms with Crippen molar-refractivity contribution in [2.24, 2.45) is 0 Å². The maximum Gasteiger partial charge on any atom is 0.227 e. The van der Waals surface area contributed by atoms with Gasteiger partial charge in [0.2, 0.25) is 5.89 Å². The third kappa shape index (κ3) is 3.40. The highest BCUT2D eigenvalue weighted by Gasteiger charge is 2.11. The number of rotatable bonds is 6. The van der Waals surface area contributed by atoms with Crippen LogP contribution in [0.2, 0.25) is 0 Å². The average molecular weight is 302 g/mol. The van der Waals surface area contributed by atoms with Crippen LogP contribution in [0.15, 0.2) is 33.6 Å². The zero-order valence-corrected chi connectivity index (χ0v) is 13.0. The Bertz CT molecular complexity index is 699. The van der Waals surface area contributed by atoms with E-state index in [1.807, 2.05) is 47.7 Å². The third-order valence-corrected chi connectivity index (χ3v) is 3.92. The minimum absolute atomic E-state index is 0.702. The molecule has 0 saturated heterocycles. The lowest BCUT2D eigenvalue weighted by Gasteiger charge is -2.03. The lowest BCUT2D eigenvalue weighted by atomic mass is 10.3. The topological polar surface area (TPSA) is 55.9 Å². The molecule has 0 radical (unpaired) electrons. The van der Waals surface area contributed by atoms with Crippen LogP contribution in [0, 0.1) is 13.8 Å². The highest BCUT2D eigenvalue weighted by molar-refractivity contribution is 7.08. The van der Waals surface area contributed by atoms with E-state index in [2.05, 4.69) is 15.4 Å². The van der Waals surface area contributed by atoms with Crippen molar-refractivity contribution in [3.63, 3.8) is 0 Å². The summed E-state index contributed by atoms with van der Waals surface area (Å²) in [6, 6.07) is 2.02. The number of hydrogen-bond donors (Lipinski definition) is 1. The van der Waals surface area contributed by atoms with Gasteiger partial charge in [0, 0.05) is 30.2 Å². The van der Waals surface area contributed by atoms with Crippen LogP contribution in [-0.4, -0.2) is 21.3 Å². The van der Waals surface area contributed by atoms with Crippen molar-refractivity contribution in [1.82, 2.24) is 20.1 Å². The van der Waals surface area contributed by atoms with E-state index in [4.69, 9.17) is 4.42 Å². The molecule has 21 heavy (non-hydrogen) atoms. The third-order valence-electron chi connectivity index (χ3n) is 3.23. The molecule has 3 aromatic heterocycles. The van der Waals surface area contributed by atoms with Gasteiger partial charge >= 0.3 is 0 Å². The SMILES string of the molecule is Cc1cnn(CCNCc2nc(-c3ccsc3)oc2C)c1. The molecule has 0 aliphatic rings. The van der Waals surface area contributed by atoms with Crippen molar-refractivity contribution < 1.29 is 4.42 Å². The van der Waals surface area contributed by atoms with Gasteiger partial charge in [-0.05, 0) is 30.9 Å². The van der Waals surface area contributed by atoms with E-state index < -0.39 is 0 Å². The molecule has 0 amide bonds. The number of nitrogens with one attached hydrogen (secondary N) is 1. The summed E-state index contributed by atoms with van der Waals surface area (Å²) in [6.45, 7) is 6.40. The number of nitrogens with zero attached hydrogens (tertiary/aromatic N) is 3. The largest absolute Gasteiger partial charge is 0.441 e. The lowest BCUT2D eigenvalue weighted by Crippen LogP contribution is -2.20. The summed E-state index contributed by atoms with van der Waals surface area (Å²) in [6.07, 6.45) is 3.91. The first-order valence-electron chi connectivity index (χ1n) is 6.91. The molecule has 0 fully saturated rings. The zero-order chi connectivity index (χ0) is 14.7. The van der Waals surface area contributed by atoms with Gasteiger partial charge in [0.1, 0.15) is 5.76 Å². The second-order valence-electron chi connectivity index (χ2n) is 4.99. The van der Waals surface area contributed by atoms with Crippen molar-refractivity contribution in [2.45, 2.75) is 26.9 Å². The fourth-order valence-corrected chi connectivity index (χ4v) is 2.72. The molecule has 0 aromatic carbocycles. The van der Waals surface area contributed by atoms with Crippen molar-refractivity contribution >= 4 is 11.3 Å². The molecule has 0 aliphatic heterocycles. The Morgan fingerprint density at radius 1 is 1.38 bits per heavy atom. The second kappa shape index (κ2) is 6.24. The summed E-state index contributed by atoms with van der Waals surface area (Å²) in [7, 11) is 0. The minimum atomic E-state index is 0.702. The van der Waals surface area contributed by atoms with Crippen molar-refractivity contribution in [2.75, 3.05) is 6.54 Å². The predicted octanol–water partition coefficient (Wildman–Crippen LogP) is 3.01. The molecule has 110 valence electrons. The second-order valence-corrected chi connectivity index (χ2v) is 5.77. The Morgan fingerprint density at radius 2 is 2.29 bits per heavy atom. The van der Waals surface area contributed by atoms with Crippen molar-refractivity contribution in [3.8, 4) is 11.5 Å². The first kappa shape index (κ1) is 14.0. The summed E-state index contributed by atoms with van der Waals surface area (Å²) < 4.78 is 7.65. The molecule has 3 rings (SSSR count). The molecular formula is C15H18N4OS. The van der Waals surface area contributed by atoms with E-state index >= 15 is 0 Å². The summed E-state index contributed by atoms with van der Waals surface area (Å²) in [5, 5.41) is 11.7. The molecule has 0 spiro atoms. The molecule has 0 atom stereocenters. The van der Waals surface area contributed by atoms with E-state index in [9.17, 15) is 0 Å². The fourth-order valence-electron chi connectivity index (χ4n) is 2.09. The Morgan fingerprint density at radius 3 is 3.00 bits per heavy atom. The van der Waals surface area contributed by atoms with E-state index in [-0.39, 0.29) is 0 Å². The first-order valence-corrected chi connectivity index (χ1v) is 7.85. The Kier molecular flexibility index (Phi) is 4.17. The molecule has 0 saturated carbocycles. The summed E-state index contributed by atoms with van der Waals surface area (Å²) in [5.74, 6) is 1.58. The van der Waals surface area contributed by atoms with Gasteiger partial charge in [-0.15, -0.1) is 0 Å². The van der Waals surface area contributed by atoms with E-state index in [0.29, 0.717) is 12.4 Å². The average Bonchev–Trinajstić information content (AvgIpc) is 3.17. The van der Waals surface area contributed by atoms with Crippen LogP contribution in [-0.2, 0) is 13.1 Å². The zero-order valence-electron chi connectivity index (χ0n) is 12.2. The first-order chi connectivity index (χ1) is 10.2. The highest BCUT2D eigenvalue weighted by atomic mass is 32.1. The maximum absolute atomic E-state index is 5.72. The predicted molar refractivity (Wildman–Crippen MR) is 83.2 cm³/mol. The van der Waals surface area contributed by atoms with Gasteiger partial charge in [-0.2, -0.15) is 16.4 Å². The molecule has 3 heterocycles. The van der Waals surface area contributed by atoms with E-state index in [1.165, 1.54) is 5.56 Å². The van der Waals surface area contributed by atoms with Crippen LogP contribution in [0.5, 0.6) is 0 Å². The van der Waals surface area contributed by atoms with Gasteiger partial charge in [-0.1, -0.05) is 0 Å². The minimum Gasteiger partial charge on any atom is -0.441 e. The Labute approximate surface area is 127 Å². The molecular weight excluding hydrogens is 284 g/mol. The number of aromatic nitrogens is 3. The Balaban J connectivity index is 1.53. The highest BCUT2D eigenvalue weighted by Crippen LogP contribution is 2.23. The molecule has 1 N–H and O–H groups in total. The van der Waals surface area contributed by atoms with Crippen LogP contribution in [0.3, 0.4) is 0 Å². The number of thiophene rings is 1.